The highest BCUT2D eigenvalue weighted by Crippen LogP contribution is 2.36. The number of aromatic nitrogens is 3. The molecular formula is C17H17ClF2N4O2. The molecule has 26 heavy (non-hydrogen) atoms. The van der Waals surface area contributed by atoms with Crippen LogP contribution < -0.4 is 5.73 Å². The fourth-order valence-electron chi connectivity index (χ4n) is 2.79. The van der Waals surface area contributed by atoms with Crippen LogP contribution in [0.3, 0.4) is 0 Å². The predicted molar refractivity (Wildman–Crippen MR) is 90.5 cm³/mol. The number of benzene rings is 1. The molecule has 0 saturated heterocycles. The Bertz CT molecular complexity index is 908. The van der Waals surface area contributed by atoms with Crippen LogP contribution in [0.15, 0.2) is 33.3 Å². The van der Waals surface area contributed by atoms with Gasteiger partial charge in [-0.3, -0.25) is 0 Å². The molecule has 0 spiro atoms. The minimum absolute atomic E-state index is 0. The molecule has 1 aliphatic rings. The molecule has 0 bridgehead atoms. The average molecular weight is 383 g/mol. The molecule has 6 nitrogen and oxygen atoms in total. The molecule has 0 aliphatic heterocycles. The quantitative estimate of drug-likeness (QED) is 0.725. The molecule has 138 valence electrons. The van der Waals surface area contributed by atoms with Gasteiger partial charge in [-0.1, -0.05) is 5.16 Å². The number of hydrogen-bond donors (Lipinski definition) is 1. The van der Waals surface area contributed by atoms with Crippen molar-refractivity contribution >= 4 is 12.4 Å². The van der Waals surface area contributed by atoms with Crippen LogP contribution in [0.1, 0.15) is 36.9 Å². The summed E-state index contributed by atoms with van der Waals surface area (Å²) >= 11 is 0. The first kappa shape index (κ1) is 18.5. The lowest BCUT2D eigenvalue weighted by molar-refractivity contribution is 0.229. The highest BCUT2D eigenvalue weighted by atomic mass is 35.5. The minimum Gasteiger partial charge on any atom is -0.441 e. The SMILES string of the molecule is Cl.NC1(c2noc(CCc3ncc(-c4ccc(F)cc4F)o3)n2)CCC1. The molecule has 2 heterocycles. The van der Waals surface area contributed by atoms with Crippen molar-refractivity contribution in [2.24, 2.45) is 5.73 Å². The average Bonchev–Trinajstić information content (AvgIpc) is 3.20. The lowest BCUT2D eigenvalue weighted by Crippen LogP contribution is -2.44. The van der Waals surface area contributed by atoms with E-state index in [2.05, 4.69) is 15.1 Å². The second-order valence-electron chi connectivity index (χ2n) is 6.26. The number of nitrogens with two attached hydrogens (primary N) is 1. The molecule has 0 unspecified atom stereocenters. The lowest BCUT2D eigenvalue weighted by Gasteiger charge is -2.34. The largest absolute Gasteiger partial charge is 0.441 e. The van der Waals surface area contributed by atoms with Crippen LogP contribution in [-0.2, 0) is 18.4 Å². The topological polar surface area (TPSA) is 91.0 Å². The third-order valence-corrected chi connectivity index (χ3v) is 4.46. The van der Waals surface area contributed by atoms with Gasteiger partial charge in [-0.15, -0.1) is 12.4 Å². The predicted octanol–water partition coefficient (Wildman–Crippen LogP) is 3.55. The van der Waals surface area contributed by atoms with Gasteiger partial charge >= 0.3 is 0 Å². The Morgan fingerprint density at radius 1 is 1.15 bits per heavy atom. The van der Waals surface area contributed by atoms with Gasteiger partial charge in [-0.2, -0.15) is 4.98 Å². The van der Waals surface area contributed by atoms with Crippen molar-refractivity contribution in [2.45, 2.75) is 37.6 Å². The van der Waals surface area contributed by atoms with E-state index < -0.39 is 17.2 Å². The Morgan fingerprint density at radius 3 is 2.62 bits per heavy atom. The first-order chi connectivity index (χ1) is 12.0. The van der Waals surface area contributed by atoms with Crippen LogP contribution in [0.2, 0.25) is 0 Å². The van der Waals surface area contributed by atoms with Crippen LogP contribution in [0, 0.1) is 11.6 Å². The van der Waals surface area contributed by atoms with Crippen molar-refractivity contribution in [3.63, 3.8) is 0 Å². The maximum atomic E-state index is 13.8. The van der Waals surface area contributed by atoms with Gasteiger partial charge in [0, 0.05) is 18.9 Å². The number of rotatable bonds is 5. The van der Waals surface area contributed by atoms with Crippen molar-refractivity contribution in [3.8, 4) is 11.3 Å². The second-order valence-corrected chi connectivity index (χ2v) is 6.26. The summed E-state index contributed by atoms with van der Waals surface area (Å²) in [5, 5.41) is 3.95. The molecule has 1 fully saturated rings. The molecule has 4 rings (SSSR count). The normalized spacial score (nSPS) is 15.3. The van der Waals surface area contributed by atoms with Gasteiger partial charge in [0.2, 0.25) is 5.89 Å². The van der Waals surface area contributed by atoms with Crippen molar-refractivity contribution in [2.75, 3.05) is 0 Å². The summed E-state index contributed by atoms with van der Waals surface area (Å²) in [5.74, 6) is 0.309. The van der Waals surface area contributed by atoms with Crippen LogP contribution in [0.5, 0.6) is 0 Å². The van der Waals surface area contributed by atoms with E-state index in [0.29, 0.717) is 30.4 Å². The molecule has 0 atom stereocenters. The fraction of sp³-hybridized carbons (Fsp3) is 0.353. The Morgan fingerprint density at radius 2 is 1.92 bits per heavy atom. The van der Waals surface area contributed by atoms with E-state index in [1.807, 2.05) is 0 Å². The van der Waals surface area contributed by atoms with Crippen molar-refractivity contribution in [3.05, 3.63) is 53.6 Å². The molecule has 3 aromatic rings. The first-order valence-corrected chi connectivity index (χ1v) is 8.06. The maximum Gasteiger partial charge on any atom is 0.227 e. The van der Waals surface area contributed by atoms with Gasteiger partial charge < -0.3 is 14.7 Å². The van der Waals surface area contributed by atoms with Crippen LogP contribution in [0.4, 0.5) is 8.78 Å². The molecule has 0 amide bonds. The fourth-order valence-corrected chi connectivity index (χ4v) is 2.79. The van der Waals surface area contributed by atoms with E-state index in [1.54, 1.807) is 0 Å². The zero-order valence-electron chi connectivity index (χ0n) is 13.7. The third kappa shape index (κ3) is 3.47. The van der Waals surface area contributed by atoms with Crippen LogP contribution >= 0.6 is 12.4 Å². The number of nitrogens with zero attached hydrogens (tertiary/aromatic N) is 3. The van der Waals surface area contributed by atoms with Gasteiger partial charge in [0.25, 0.3) is 0 Å². The molecule has 2 N–H and O–H groups in total. The number of hydrogen-bond acceptors (Lipinski definition) is 6. The van der Waals surface area contributed by atoms with Gasteiger partial charge in [0.1, 0.15) is 11.6 Å². The van der Waals surface area contributed by atoms with Gasteiger partial charge in [0.05, 0.1) is 17.3 Å². The van der Waals surface area contributed by atoms with Gasteiger partial charge in [0.15, 0.2) is 17.5 Å². The molecule has 2 aromatic heterocycles. The molecule has 1 aromatic carbocycles. The summed E-state index contributed by atoms with van der Waals surface area (Å²) in [5.41, 5.74) is 5.86. The summed E-state index contributed by atoms with van der Waals surface area (Å²) in [6.45, 7) is 0. The molecule has 0 radical (unpaired) electrons. The minimum atomic E-state index is -0.696. The zero-order valence-corrected chi connectivity index (χ0v) is 14.6. The molecular weight excluding hydrogens is 366 g/mol. The summed E-state index contributed by atoms with van der Waals surface area (Å²) in [4.78, 5) is 8.45. The van der Waals surface area contributed by atoms with Crippen molar-refractivity contribution < 1.29 is 17.7 Å². The smallest absolute Gasteiger partial charge is 0.227 e. The van der Waals surface area contributed by atoms with E-state index in [4.69, 9.17) is 14.7 Å². The van der Waals surface area contributed by atoms with Gasteiger partial charge in [-0.05, 0) is 31.4 Å². The Labute approximate surface area is 154 Å². The highest BCUT2D eigenvalue weighted by Gasteiger charge is 2.38. The van der Waals surface area contributed by atoms with Crippen LogP contribution in [-0.4, -0.2) is 15.1 Å². The number of halogens is 3. The standard InChI is InChI=1S/C17H16F2N4O2.ClH/c18-10-2-3-11(12(19)8-10)13-9-21-14(24-13)4-5-15-22-16(23-25-15)17(20)6-1-7-17;/h2-3,8-9H,1,4-7,20H2;1H. The van der Waals surface area contributed by atoms with E-state index in [-0.39, 0.29) is 23.7 Å². The number of oxazole rings is 1. The summed E-state index contributed by atoms with van der Waals surface area (Å²) in [6, 6.07) is 3.29. The van der Waals surface area contributed by atoms with E-state index in [1.165, 1.54) is 18.3 Å². The highest BCUT2D eigenvalue weighted by molar-refractivity contribution is 5.85. The molecule has 1 aliphatic carbocycles. The summed E-state index contributed by atoms with van der Waals surface area (Å²) in [6.07, 6.45) is 5.06. The lowest BCUT2D eigenvalue weighted by atomic mass is 9.77. The number of aryl methyl sites for hydroxylation is 2. The monoisotopic (exact) mass is 382 g/mol. The van der Waals surface area contributed by atoms with Crippen molar-refractivity contribution in [1.82, 2.24) is 15.1 Å². The maximum absolute atomic E-state index is 13.8. The van der Waals surface area contributed by atoms with E-state index >= 15 is 0 Å². The molecule has 1 saturated carbocycles. The summed E-state index contributed by atoms with van der Waals surface area (Å²) < 4.78 is 37.5. The van der Waals surface area contributed by atoms with Crippen molar-refractivity contribution in [1.29, 1.82) is 0 Å². The zero-order chi connectivity index (χ0) is 17.4. The Hall–Kier alpha value is -2.32. The van der Waals surface area contributed by atoms with Crippen LogP contribution in [0.25, 0.3) is 11.3 Å². The Balaban J connectivity index is 0.00000196. The Kier molecular flexibility index (Phi) is 5.06. The second kappa shape index (κ2) is 7.13. The third-order valence-electron chi connectivity index (χ3n) is 4.46. The van der Waals surface area contributed by atoms with Gasteiger partial charge in [-0.25, -0.2) is 13.8 Å². The van der Waals surface area contributed by atoms with E-state index in [9.17, 15) is 8.78 Å². The molecule has 9 heteroatoms. The first-order valence-electron chi connectivity index (χ1n) is 8.06. The van der Waals surface area contributed by atoms with E-state index in [0.717, 1.165) is 25.3 Å². The summed E-state index contributed by atoms with van der Waals surface area (Å²) in [7, 11) is 0.